The van der Waals surface area contributed by atoms with Gasteiger partial charge in [0.25, 0.3) is 0 Å². The highest BCUT2D eigenvalue weighted by Crippen LogP contribution is 2.20. The summed E-state index contributed by atoms with van der Waals surface area (Å²) in [7, 11) is 0. The Morgan fingerprint density at radius 3 is 2.23 bits per heavy atom. The summed E-state index contributed by atoms with van der Waals surface area (Å²) < 4.78 is 44.2. The quantitative estimate of drug-likeness (QED) is 0.732. The highest BCUT2D eigenvalue weighted by molar-refractivity contribution is 4.80. The molecule has 0 bridgehead atoms. The van der Waals surface area contributed by atoms with E-state index in [4.69, 9.17) is 8.22 Å². The molecule has 13 heavy (non-hydrogen) atoms. The van der Waals surface area contributed by atoms with E-state index in [-0.39, 0.29) is 13.1 Å². The second-order valence-corrected chi connectivity index (χ2v) is 5.27. The summed E-state index contributed by atoms with van der Waals surface area (Å²) in [4.78, 5) is 1.43. The van der Waals surface area contributed by atoms with Crippen molar-refractivity contribution in [1.29, 1.82) is 0 Å². The maximum atomic E-state index is 7.61. The average Bonchev–Trinajstić information content (AvgIpc) is 2.07. The van der Waals surface area contributed by atoms with E-state index in [2.05, 4.69) is 5.32 Å². The summed E-state index contributed by atoms with van der Waals surface area (Å²) in [6, 6.07) is 0. The van der Waals surface area contributed by atoms with Crippen LogP contribution in [0.4, 0.5) is 0 Å². The largest absolute Gasteiger partial charge is 0.319 e. The van der Waals surface area contributed by atoms with Crippen LogP contribution in [-0.2, 0) is 0 Å². The first-order valence-corrected chi connectivity index (χ1v) is 4.57. The van der Waals surface area contributed by atoms with Gasteiger partial charge in [0.05, 0.1) is 0 Å². The predicted octanol–water partition coefficient (Wildman–Crippen LogP) is 1.96. The molecule has 0 aromatic rings. The summed E-state index contributed by atoms with van der Waals surface area (Å²) in [5, 5.41) is 2.46. The van der Waals surface area contributed by atoms with Crippen LogP contribution in [0.5, 0.6) is 0 Å². The lowest BCUT2D eigenvalue weighted by atomic mass is 9.91. The van der Waals surface area contributed by atoms with Gasteiger partial charge in [-0.2, -0.15) is 0 Å². The van der Waals surface area contributed by atoms with Gasteiger partial charge in [-0.25, -0.2) is 0 Å². The Morgan fingerprint density at radius 2 is 1.85 bits per heavy atom. The lowest BCUT2D eigenvalue weighted by molar-refractivity contribution is 0.115. The summed E-state index contributed by atoms with van der Waals surface area (Å²) in [6.07, 6.45) is 0. The van der Waals surface area contributed by atoms with Gasteiger partial charge in [0.15, 0.2) is 0 Å². The Labute approximate surface area is 92.1 Å². The zero-order valence-corrected chi connectivity index (χ0v) is 9.36. The first-order valence-electron chi connectivity index (χ1n) is 7.57. The van der Waals surface area contributed by atoms with Crippen LogP contribution in [0.1, 0.15) is 42.8 Å². The summed E-state index contributed by atoms with van der Waals surface area (Å²) in [6.45, 7) is 5.35. The van der Waals surface area contributed by atoms with Crippen LogP contribution in [0, 0.1) is 5.41 Å². The Kier molecular flexibility index (Phi) is 1.95. The van der Waals surface area contributed by atoms with Crippen molar-refractivity contribution < 1.29 is 8.22 Å². The van der Waals surface area contributed by atoms with E-state index < -0.39 is 24.9 Å². The third kappa shape index (κ3) is 5.27. The van der Waals surface area contributed by atoms with Crippen molar-refractivity contribution >= 4 is 0 Å². The Hall–Kier alpha value is -0.0800. The van der Waals surface area contributed by atoms with Crippen molar-refractivity contribution in [1.82, 2.24) is 10.2 Å². The van der Waals surface area contributed by atoms with Gasteiger partial charge in [0.2, 0.25) is 0 Å². The van der Waals surface area contributed by atoms with E-state index in [1.54, 1.807) is 0 Å². The molecule has 0 heterocycles. The molecule has 0 rings (SSSR count). The van der Waals surface area contributed by atoms with E-state index in [1.165, 1.54) is 4.90 Å². The highest BCUT2D eigenvalue weighted by atomic mass is 15.2. The second kappa shape index (κ2) is 4.43. The molecule has 0 spiro atoms. The zero-order chi connectivity index (χ0) is 15.7. The molecule has 0 aromatic heterocycles. The molecule has 2 heteroatoms. The molecule has 0 radical (unpaired) electrons. The fourth-order valence-electron chi connectivity index (χ4n) is 0.960. The SMILES string of the molecule is [2H]C([2H])([2H])NCC(C)(C)CN(C([2H])([2H])[2H])C(C)(C)C. The molecule has 0 aliphatic heterocycles. The minimum Gasteiger partial charge on any atom is -0.319 e. The Morgan fingerprint density at radius 1 is 1.23 bits per heavy atom. The van der Waals surface area contributed by atoms with Crippen molar-refractivity contribution in [3.8, 4) is 0 Å². The van der Waals surface area contributed by atoms with Gasteiger partial charge in [0.1, 0.15) is 0 Å². The lowest BCUT2D eigenvalue weighted by Crippen LogP contribution is -2.46. The fraction of sp³-hybridized carbons (Fsp3) is 1.00. The molecule has 0 aliphatic rings. The van der Waals surface area contributed by atoms with Crippen LogP contribution >= 0.6 is 0 Å². The first kappa shape index (κ1) is 5.72. The van der Waals surface area contributed by atoms with E-state index in [1.807, 2.05) is 34.6 Å². The van der Waals surface area contributed by atoms with Crippen molar-refractivity contribution in [3.63, 3.8) is 0 Å². The zero-order valence-electron chi connectivity index (χ0n) is 15.4. The van der Waals surface area contributed by atoms with Crippen molar-refractivity contribution in [2.24, 2.45) is 5.41 Å². The third-order valence-corrected chi connectivity index (χ3v) is 1.96. The summed E-state index contributed by atoms with van der Waals surface area (Å²) in [5.41, 5.74) is -0.974. The van der Waals surface area contributed by atoms with Crippen LogP contribution < -0.4 is 5.32 Å². The van der Waals surface area contributed by atoms with Gasteiger partial charge < -0.3 is 10.2 Å². The predicted molar refractivity (Wildman–Crippen MR) is 60.1 cm³/mol. The standard InChI is InChI=1S/C11H26N2/c1-10(2,3)13(7)9-11(4,5)8-12-6/h12H,8-9H2,1-7H3/i6D3,7D3. The number of nitrogens with one attached hydrogen (secondary N) is 1. The number of hydrogen-bond donors (Lipinski definition) is 1. The normalized spacial score (nSPS) is 22.6. The molecule has 0 atom stereocenters. The Bertz CT molecular complexity index is 273. The molecule has 0 saturated heterocycles. The van der Waals surface area contributed by atoms with Crippen LogP contribution in [0.15, 0.2) is 0 Å². The van der Waals surface area contributed by atoms with E-state index in [0.717, 1.165) is 0 Å². The van der Waals surface area contributed by atoms with Crippen LogP contribution in [-0.4, -0.2) is 37.5 Å². The molecule has 0 aliphatic carbocycles. The van der Waals surface area contributed by atoms with E-state index in [9.17, 15) is 0 Å². The van der Waals surface area contributed by atoms with Crippen molar-refractivity contribution in [2.75, 3.05) is 27.0 Å². The highest BCUT2D eigenvalue weighted by Gasteiger charge is 2.25. The van der Waals surface area contributed by atoms with Gasteiger partial charge in [0, 0.05) is 26.9 Å². The first-order chi connectivity index (χ1) is 8.05. The molecule has 2 nitrogen and oxygen atoms in total. The minimum atomic E-state index is -2.20. The van der Waals surface area contributed by atoms with Crippen molar-refractivity contribution in [3.05, 3.63) is 0 Å². The van der Waals surface area contributed by atoms with Gasteiger partial charge in [-0.05, 0) is 40.1 Å². The number of hydrogen-bond acceptors (Lipinski definition) is 2. The maximum Gasteiger partial charge on any atom is 0.0394 e. The second-order valence-electron chi connectivity index (χ2n) is 5.27. The van der Waals surface area contributed by atoms with Gasteiger partial charge in [-0.1, -0.05) is 13.8 Å². The fourth-order valence-corrected chi connectivity index (χ4v) is 0.960. The summed E-state index contributed by atoms with van der Waals surface area (Å²) >= 11 is 0. The Balaban J connectivity index is 4.85. The molecular weight excluding hydrogens is 160 g/mol. The third-order valence-electron chi connectivity index (χ3n) is 1.96. The molecule has 1 N–H and O–H groups in total. The van der Waals surface area contributed by atoms with Crippen LogP contribution in [0.3, 0.4) is 0 Å². The molecule has 0 aromatic carbocycles. The maximum absolute atomic E-state index is 7.61. The monoisotopic (exact) mass is 192 g/mol. The van der Waals surface area contributed by atoms with Gasteiger partial charge in [-0.15, -0.1) is 0 Å². The van der Waals surface area contributed by atoms with E-state index >= 15 is 0 Å². The smallest absolute Gasteiger partial charge is 0.0394 e. The molecule has 0 fully saturated rings. The lowest BCUT2D eigenvalue weighted by Gasteiger charge is -2.38. The topological polar surface area (TPSA) is 15.3 Å². The molecule has 0 unspecified atom stereocenters. The molecular formula is C11H26N2. The van der Waals surface area contributed by atoms with Crippen LogP contribution in [0.25, 0.3) is 0 Å². The van der Waals surface area contributed by atoms with Gasteiger partial charge >= 0.3 is 0 Å². The minimum absolute atomic E-state index is 0.228. The summed E-state index contributed by atoms with van der Waals surface area (Å²) in [5.74, 6) is 0. The van der Waals surface area contributed by atoms with Crippen LogP contribution in [0.2, 0.25) is 0 Å². The van der Waals surface area contributed by atoms with E-state index in [0.29, 0.717) is 0 Å². The van der Waals surface area contributed by atoms with Crippen molar-refractivity contribution in [2.45, 2.75) is 40.2 Å². The van der Waals surface area contributed by atoms with Gasteiger partial charge in [-0.3, -0.25) is 0 Å². The number of rotatable bonds is 4. The molecule has 80 valence electrons. The molecule has 0 amide bonds. The average molecular weight is 192 g/mol. The molecule has 0 saturated carbocycles. The number of nitrogens with zero attached hydrogens (tertiary/aromatic N) is 1.